The number of benzene rings is 2. The maximum atomic E-state index is 12.4. The number of hydrogen-bond acceptors (Lipinski definition) is 3. The molecule has 0 saturated heterocycles. The molecule has 3 rings (SSSR count). The van der Waals surface area contributed by atoms with Gasteiger partial charge >= 0.3 is 5.97 Å². The molecule has 2 aromatic rings. The van der Waals surface area contributed by atoms with Crippen molar-refractivity contribution in [2.24, 2.45) is 0 Å². The van der Waals surface area contributed by atoms with Gasteiger partial charge in [0.15, 0.2) is 0 Å². The summed E-state index contributed by atoms with van der Waals surface area (Å²) in [6.45, 7) is 1.71. The fraction of sp³-hybridized carbons (Fsp3) is 0.300. The number of rotatable bonds is 5. The van der Waals surface area contributed by atoms with E-state index >= 15 is 0 Å². The number of nitrogens with zero attached hydrogens (tertiary/aromatic N) is 1. The summed E-state index contributed by atoms with van der Waals surface area (Å²) in [6.07, 6.45) is 1.40. The molecule has 0 spiro atoms. The van der Waals surface area contributed by atoms with Crippen LogP contribution < -0.4 is 4.74 Å². The lowest BCUT2D eigenvalue weighted by Gasteiger charge is -2.24. The molecule has 1 atom stereocenters. The molecule has 0 bridgehead atoms. The van der Waals surface area contributed by atoms with E-state index in [-0.39, 0.29) is 12.5 Å². The van der Waals surface area contributed by atoms with Crippen LogP contribution in [0.5, 0.6) is 5.75 Å². The van der Waals surface area contributed by atoms with E-state index in [2.05, 4.69) is 0 Å². The van der Waals surface area contributed by atoms with Gasteiger partial charge in [0.25, 0.3) is 5.91 Å². The third kappa shape index (κ3) is 3.99. The van der Waals surface area contributed by atoms with Crippen molar-refractivity contribution in [2.75, 3.05) is 13.6 Å². The lowest BCUT2D eigenvalue weighted by atomic mass is 9.91. The number of carboxylic acid groups (broad SMARTS) is 1. The third-order valence-electron chi connectivity index (χ3n) is 4.44. The summed E-state index contributed by atoms with van der Waals surface area (Å²) in [7, 11) is 1.48. The Morgan fingerprint density at radius 1 is 1.23 bits per heavy atom. The van der Waals surface area contributed by atoms with Crippen molar-refractivity contribution >= 4 is 23.5 Å². The van der Waals surface area contributed by atoms with Crippen LogP contribution in [0.25, 0.3) is 0 Å². The number of hydrogen-bond donors (Lipinski definition) is 1. The molecule has 26 heavy (non-hydrogen) atoms. The van der Waals surface area contributed by atoms with E-state index in [0.29, 0.717) is 17.0 Å². The first-order valence-electron chi connectivity index (χ1n) is 8.29. The van der Waals surface area contributed by atoms with Gasteiger partial charge in [-0.05, 0) is 48.4 Å². The zero-order valence-corrected chi connectivity index (χ0v) is 15.4. The van der Waals surface area contributed by atoms with Gasteiger partial charge in [0.1, 0.15) is 17.9 Å². The van der Waals surface area contributed by atoms with E-state index in [9.17, 15) is 9.59 Å². The molecule has 6 heteroatoms. The molecule has 1 aliphatic rings. The molecule has 1 heterocycles. The van der Waals surface area contributed by atoms with Gasteiger partial charge in [-0.1, -0.05) is 23.7 Å². The maximum Gasteiger partial charge on any atom is 0.323 e. The molecular weight excluding hydrogens is 354 g/mol. The maximum absolute atomic E-state index is 12.4. The largest absolute Gasteiger partial charge is 0.487 e. The van der Waals surface area contributed by atoms with E-state index in [1.807, 2.05) is 31.2 Å². The van der Waals surface area contributed by atoms with Crippen molar-refractivity contribution in [1.29, 1.82) is 0 Å². The Morgan fingerprint density at radius 2 is 1.92 bits per heavy atom. The highest BCUT2D eigenvalue weighted by Gasteiger charge is 2.35. The van der Waals surface area contributed by atoms with E-state index in [4.69, 9.17) is 21.4 Å². The van der Waals surface area contributed by atoms with Crippen molar-refractivity contribution in [3.63, 3.8) is 0 Å². The summed E-state index contributed by atoms with van der Waals surface area (Å²) < 4.78 is 6.14. The predicted molar refractivity (Wildman–Crippen MR) is 98.9 cm³/mol. The van der Waals surface area contributed by atoms with Gasteiger partial charge in [-0.2, -0.15) is 0 Å². The summed E-state index contributed by atoms with van der Waals surface area (Å²) >= 11 is 5.94. The van der Waals surface area contributed by atoms with Crippen LogP contribution >= 0.6 is 11.6 Å². The number of halogens is 1. The molecule has 0 aromatic heterocycles. The van der Waals surface area contributed by atoms with Crippen molar-refractivity contribution in [3.8, 4) is 5.75 Å². The van der Waals surface area contributed by atoms with Crippen molar-refractivity contribution in [3.05, 3.63) is 64.2 Å². The average Bonchev–Trinajstić information content (AvgIpc) is 2.90. The summed E-state index contributed by atoms with van der Waals surface area (Å²) in [5.41, 5.74) is 2.15. The summed E-state index contributed by atoms with van der Waals surface area (Å²) in [6, 6.07) is 12.9. The van der Waals surface area contributed by atoms with Crippen LogP contribution in [0.1, 0.15) is 28.4 Å². The van der Waals surface area contributed by atoms with Gasteiger partial charge in [-0.15, -0.1) is 0 Å². The molecule has 5 nitrogen and oxygen atoms in total. The van der Waals surface area contributed by atoms with Crippen LogP contribution in [0.15, 0.2) is 42.5 Å². The second-order valence-electron chi connectivity index (χ2n) is 6.91. The lowest BCUT2D eigenvalue weighted by molar-refractivity contribution is -0.137. The molecule has 0 saturated carbocycles. The number of fused-ring (bicyclic) bond motifs is 1. The zero-order valence-electron chi connectivity index (χ0n) is 14.7. The Labute approximate surface area is 157 Å². The topological polar surface area (TPSA) is 66.8 Å². The average molecular weight is 374 g/mol. The minimum Gasteiger partial charge on any atom is -0.487 e. The highest BCUT2D eigenvalue weighted by molar-refractivity contribution is 6.30. The Morgan fingerprint density at radius 3 is 2.58 bits per heavy atom. The fourth-order valence-corrected chi connectivity index (χ4v) is 3.41. The number of carbonyl (C=O) groups excluding carboxylic acids is 1. The van der Waals surface area contributed by atoms with E-state index in [1.165, 1.54) is 11.9 Å². The second kappa shape index (κ2) is 7.00. The first-order chi connectivity index (χ1) is 12.3. The first-order valence-corrected chi connectivity index (χ1v) is 8.67. The molecule has 136 valence electrons. The second-order valence-corrected chi connectivity index (χ2v) is 7.35. The number of aliphatic carboxylic acids is 1. The monoisotopic (exact) mass is 373 g/mol. The number of likely N-dealkylation sites (N-methyl/N-ethyl adjacent to an activating group) is 1. The standard InChI is InChI=1S/C20H20ClNO4/c1-20(10-13-3-6-16(21)7-4-13)11-15-9-14(5-8-17(15)26-20)19(25)22(2)12-18(23)24/h3-9H,10-12H2,1-2H3,(H,23,24)/t20-/m0/s1. The van der Waals surface area contributed by atoms with Crippen molar-refractivity contribution in [2.45, 2.75) is 25.4 Å². The molecule has 0 aliphatic carbocycles. The van der Waals surface area contributed by atoms with Crippen LogP contribution in [0.2, 0.25) is 5.02 Å². The summed E-state index contributed by atoms with van der Waals surface area (Å²) in [4.78, 5) is 24.4. The Kier molecular flexibility index (Phi) is 4.92. The van der Waals surface area contributed by atoms with Crippen LogP contribution in [0, 0.1) is 0 Å². The summed E-state index contributed by atoms with van der Waals surface area (Å²) in [5, 5.41) is 9.54. The SMILES string of the molecule is CN(CC(=O)O)C(=O)c1ccc2c(c1)C[C@](C)(Cc1ccc(Cl)cc1)O2. The van der Waals surface area contributed by atoms with Crippen molar-refractivity contribution < 1.29 is 19.4 Å². The Hall–Kier alpha value is -2.53. The van der Waals surface area contributed by atoms with Gasteiger partial charge in [-0.25, -0.2) is 0 Å². The molecule has 1 amide bonds. The smallest absolute Gasteiger partial charge is 0.323 e. The number of amides is 1. The highest BCUT2D eigenvalue weighted by atomic mass is 35.5. The van der Waals surface area contributed by atoms with Crippen molar-refractivity contribution in [1.82, 2.24) is 4.90 Å². The molecule has 1 aliphatic heterocycles. The number of ether oxygens (including phenoxy) is 1. The molecule has 0 radical (unpaired) electrons. The van der Waals surface area contributed by atoms with Gasteiger partial charge in [0, 0.05) is 30.5 Å². The Bertz CT molecular complexity index is 849. The molecular formula is C20H20ClNO4. The minimum atomic E-state index is -1.04. The van der Waals surface area contributed by atoms with Crippen LogP contribution in [-0.2, 0) is 17.6 Å². The third-order valence-corrected chi connectivity index (χ3v) is 4.69. The number of carbonyl (C=O) groups is 2. The van der Waals surface area contributed by atoms with E-state index < -0.39 is 11.6 Å². The van der Waals surface area contributed by atoms with Gasteiger partial charge < -0.3 is 14.7 Å². The van der Waals surface area contributed by atoms with E-state index in [0.717, 1.165) is 23.3 Å². The van der Waals surface area contributed by atoms with E-state index in [1.54, 1.807) is 18.2 Å². The Balaban J connectivity index is 1.75. The van der Waals surface area contributed by atoms with Crippen LogP contribution in [0.4, 0.5) is 0 Å². The molecule has 0 fully saturated rings. The van der Waals surface area contributed by atoms with Gasteiger partial charge in [0.05, 0.1) is 0 Å². The summed E-state index contributed by atoms with van der Waals surface area (Å²) in [5.74, 6) is -0.596. The number of carboxylic acids is 1. The predicted octanol–water partition coefficient (Wildman–Crippen LogP) is 3.43. The van der Waals surface area contributed by atoms with Crippen LogP contribution in [-0.4, -0.2) is 41.1 Å². The molecule has 2 aromatic carbocycles. The minimum absolute atomic E-state index is 0.318. The molecule has 0 unspecified atom stereocenters. The van der Waals surface area contributed by atoms with Gasteiger partial charge in [-0.3, -0.25) is 9.59 Å². The normalized spacial score (nSPS) is 18.1. The first kappa shape index (κ1) is 18.3. The quantitative estimate of drug-likeness (QED) is 0.871. The highest BCUT2D eigenvalue weighted by Crippen LogP contribution is 2.37. The van der Waals surface area contributed by atoms with Crippen LogP contribution in [0.3, 0.4) is 0 Å². The zero-order chi connectivity index (χ0) is 18.9. The fourth-order valence-electron chi connectivity index (χ4n) is 3.28. The van der Waals surface area contributed by atoms with Gasteiger partial charge in [0.2, 0.25) is 0 Å². The lowest BCUT2D eigenvalue weighted by Crippen LogP contribution is -2.33. The molecule has 1 N–H and O–H groups in total.